The van der Waals surface area contributed by atoms with Crippen molar-refractivity contribution in [2.75, 3.05) is 0 Å². The zero-order valence-corrected chi connectivity index (χ0v) is 34.4. The van der Waals surface area contributed by atoms with Gasteiger partial charge >= 0.3 is 0 Å². The highest BCUT2D eigenvalue weighted by molar-refractivity contribution is 6.68. The lowest BCUT2D eigenvalue weighted by Gasteiger charge is -2.20. The third kappa shape index (κ3) is 6.66. The number of aromatic nitrogens is 3. The maximum Gasteiger partial charge on any atom is 0.167 e. The zero-order chi connectivity index (χ0) is 40.9. The highest BCUT2D eigenvalue weighted by Crippen LogP contribution is 2.38. The molecule has 0 bridgehead atoms. The van der Waals surface area contributed by atoms with E-state index in [2.05, 4.69) is 167 Å². The second-order valence-corrected chi connectivity index (χ2v) is 15.8. The quantitative estimate of drug-likeness (QED) is 0.221. The first kappa shape index (κ1) is 37.2. The van der Waals surface area contributed by atoms with Crippen LogP contribution in [0.15, 0.2) is 174 Å². The topological polar surface area (TPSA) is 51.8 Å². The number of rotatable bonds is 7. The molecule has 0 unspecified atom stereocenters. The van der Waals surface area contributed by atoms with E-state index in [1.165, 1.54) is 55.1 Å². The first-order valence-electron chi connectivity index (χ1n) is 20.5. The summed E-state index contributed by atoms with van der Waals surface area (Å²) in [4.78, 5) is 15.4. The lowest BCUT2D eigenvalue weighted by molar-refractivity contribution is 0.669. The van der Waals surface area contributed by atoms with Gasteiger partial charge in [0.1, 0.15) is 50.4 Å². The fourth-order valence-corrected chi connectivity index (χ4v) is 8.58. The molecule has 0 N–H and O–H groups in total. The van der Waals surface area contributed by atoms with Gasteiger partial charge in [0, 0.05) is 21.9 Å². The Morgan fingerprint density at radius 1 is 0.317 bits per heavy atom. The average Bonchev–Trinajstić information content (AvgIpc) is 3.69. The summed E-state index contributed by atoms with van der Waals surface area (Å²) in [5.74, 6) is 1.79. The van der Waals surface area contributed by atoms with E-state index in [-0.39, 0.29) is 0 Å². The third-order valence-corrected chi connectivity index (χ3v) is 12.4. The van der Waals surface area contributed by atoms with Crippen molar-refractivity contribution in [1.82, 2.24) is 15.0 Å². The highest BCUT2D eigenvalue weighted by Gasteiger charge is 2.20. The molecule has 0 radical (unpaired) electrons. The van der Waals surface area contributed by atoms with Gasteiger partial charge < -0.3 is 4.42 Å². The Bertz CT molecular complexity index is 3210. The van der Waals surface area contributed by atoms with Crippen LogP contribution >= 0.6 is 0 Å². The summed E-state index contributed by atoms with van der Waals surface area (Å²) in [6.07, 6.45) is 0. The van der Waals surface area contributed by atoms with Gasteiger partial charge in [0.25, 0.3) is 0 Å². The molecule has 0 aliphatic heterocycles. The summed E-state index contributed by atoms with van der Waals surface area (Å²) < 4.78 is 6.67. The van der Waals surface area contributed by atoms with E-state index in [0.29, 0.717) is 17.5 Å². The van der Waals surface area contributed by atoms with E-state index in [4.69, 9.17) is 19.4 Å². The molecular formula is C51H38B5N3O. The van der Waals surface area contributed by atoms with Crippen molar-refractivity contribution in [3.05, 3.63) is 170 Å². The number of hydrogen-bond donors (Lipinski definition) is 0. The molecule has 10 aromatic rings. The molecule has 10 rings (SSSR count). The minimum atomic E-state index is 0.566. The summed E-state index contributed by atoms with van der Waals surface area (Å²) in [6.45, 7) is 0. The van der Waals surface area contributed by atoms with Gasteiger partial charge in [-0.3, -0.25) is 0 Å². The summed E-state index contributed by atoms with van der Waals surface area (Å²) in [7, 11) is 11.1. The molecule has 0 atom stereocenters. The van der Waals surface area contributed by atoms with Crippen LogP contribution in [0.1, 0.15) is 0 Å². The predicted molar refractivity (Wildman–Crippen MR) is 266 cm³/mol. The minimum absolute atomic E-state index is 0.566. The van der Waals surface area contributed by atoms with Crippen molar-refractivity contribution >= 4 is 88.5 Å². The van der Waals surface area contributed by atoms with Crippen LogP contribution < -0.4 is 27.3 Å². The van der Waals surface area contributed by atoms with Gasteiger partial charge in [0.2, 0.25) is 0 Å². The molecule has 0 saturated carbocycles. The second kappa shape index (κ2) is 15.2. The summed E-state index contributed by atoms with van der Waals surface area (Å²) in [5.41, 5.74) is 20.4. The van der Waals surface area contributed by atoms with Crippen molar-refractivity contribution in [3.63, 3.8) is 0 Å². The van der Waals surface area contributed by atoms with Gasteiger partial charge in [0.05, 0.1) is 5.56 Å². The molecule has 8 aromatic carbocycles. The molecule has 9 heteroatoms. The predicted octanol–water partition coefficient (Wildman–Crippen LogP) is 4.73. The lowest BCUT2D eigenvalue weighted by atomic mass is 9.59. The molecule has 0 fully saturated rings. The van der Waals surface area contributed by atoms with Gasteiger partial charge in [-0.2, -0.15) is 0 Å². The van der Waals surface area contributed by atoms with Gasteiger partial charge in [-0.25, -0.2) is 15.0 Å². The van der Waals surface area contributed by atoms with Crippen molar-refractivity contribution in [2.45, 2.75) is 0 Å². The van der Waals surface area contributed by atoms with Crippen molar-refractivity contribution < 1.29 is 4.42 Å². The Morgan fingerprint density at radius 3 is 1.38 bits per heavy atom. The van der Waals surface area contributed by atoms with Crippen LogP contribution in [0.2, 0.25) is 0 Å². The van der Waals surface area contributed by atoms with Gasteiger partial charge in [-0.1, -0.05) is 157 Å². The summed E-state index contributed by atoms with van der Waals surface area (Å²) in [6, 6.07) is 59.5. The molecule has 0 aliphatic rings. The Kier molecular flexibility index (Phi) is 9.45. The number of fused-ring (bicyclic) bond motifs is 3. The first-order valence-corrected chi connectivity index (χ1v) is 20.5. The molecule has 60 heavy (non-hydrogen) atoms. The normalized spacial score (nSPS) is 11.3. The van der Waals surface area contributed by atoms with Gasteiger partial charge in [0.15, 0.2) is 17.5 Å². The number of benzene rings is 8. The molecule has 0 spiro atoms. The second-order valence-electron chi connectivity index (χ2n) is 15.8. The number of nitrogens with zero attached hydrogens (tertiary/aromatic N) is 3. The van der Waals surface area contributed by atoms with E-state index < -0.39 is 0 Å². The molecule has 2 aromatic heterocycles. The maximum absolute atomic E-state index is 6.67. The Morgan fingerprint density at radius 2 is 0.767 bits per heavy atom. The minimum Gasteiger partial charge on any atom is -0.455 e. The molecule has 0 amide bonds. The lowest BCUT2D eigenvalue weighted by Crippen LogP contribution is -2.55. The van der Waals surface area contributed by atoms with E-state index in [1.54, 1.807) is 0 Å². The van der Waals surface area contributed by atoms with Crippen molar-refractivity contribution in [3.8, 4) is 78.7 Å². The van der Waals surface area contributed by atoms with E-state index >= 15 is 0 Å². The number of para-hydroxylation sites is 1. The SMILES string of the molecule is Bc1c(B)c(B)c(-c2cccc(-c3nc(-c4ccccc4)nc(-c4cccc5c4oc4ccc(-c6ccc(-c7ccc(-c8ccccc8)cc7)cc6)cc45)n3)c2)c(B)c1B. The maximum atomic E-state index is 6.67. The summed E-state index contributed by atoms with van der Waals surface area (Å²) >= 11 is 0. The van der Waals surface area contributed by atoms with Gasteiger partial charge in [-0.05, 0) is 68.8 Å². The highest BCUT2D eigenvalue weighted by atomic mass is 16.3. The fraction of sp³-hybridized carbons (Fsp3) is 0. The monoisotopic (exact) mass is 763 g/mol. The van der Waals surface area contributed by atoms with Crippen LogP contribution in [0.3, 0.4) is 0 Å². The molecule has 278 valence electrons. The third-order valence-electron chi connectivity index (χ3n) is 12.4. The van der Waals surface area contributed by atoms with Crippen LogP contribution in [0.4, 0.5) is 0 Å². The van der Waals surface area contributed by atoms with Crippen LogP contribution in [0, 0.1) is 0 Å². The molecule has 0 aliphatic carbocycles. The van der Waals surface area contributed by atoms with Gasteiger partial charge in [-0.15, -0.1) is 16.4 Å². The van der Waals surface area contributed by atoms with Crippen molar-refractivity contribution in [2.24, 2.45) is 0 Å². The Labute approximate surface area is 354 Å². The van der Waals surface area contributed by atoms with E-state index in [0.717, 1.165) is 55.3 Å². The van der Waals surface area contributed by atoms with Crippen LogP contribution in [-0.2, 0) is 0 Å². The fourth-order valence-electron chi connectivity index (χ4n) is 8.58. The number of furan rings is 1. The van der Waals surface area contributed by atoms with E-state index in [1.807, 2.05) is 42.5 Å². The average molecular weight is 763 g/mol. The smallest absolute Gasteiger partial charge is 0.167 e. The first-order chi connectivity index (χ1) is 29.3. The molecular weight excluding hydrogens is 725 g/mol. The van der Waals surface area contributed by atoms with E-state index in [9.17, 15) is 0 Å². The summed E-state index contributed by atoms with van der Waals surface area (Å²) in [5, 5.41) is 2.06. The Balaban J connectivity index is 1.03. The van der Waals surface area contributed by atoms with Crippen LogP contribution in [0.5, 0.6) is 0 Å². The van der Waals surface area contributed by atoms with Crippen LogP contribution in [-0.4, -0.2) is 54.2 Å². The molecule has 4 nitrogen and oxygen atoms in total. The zero-order valence-electron chi connectivity index (χ0n) is 34.4. The van der Waals surface area contributed by atoms with Crippen LogP contribution in [0.25, 0.3) is 101 Å². The largest absolute Gasteiger partial charge is 0.455 e. The standard InChI is InChI=1S/C51H38B5N3O/c52-43-42(44(53)46(55)47(56)45(43)54)36-13-7-14-37(27-36)50-57-49(34-11-5-2-6-12-34)58-51(59-50)39-16-8-15-38-40-28-35(25-26-41(40)60-48(38)39)33-23-21-32(22-24-33)31-19-17-30(18-20-31)29-9-3-1-4-10-29/h1-28H,52-56H2. The Hall–Kier alpha value is -7.11. The number of hydrogen-bond acceptors (Lipinski definition) is 4. The van der Waals surface area contributed by atoms with Crippen molar-refractivity contribution in [1.29, 1.82) is 0 Å². The molecule has 2 heterocycles. The molecule has 0 saturated heterocycles.